The van der Waals surface area contributed by atoms with Gasteiger partial charge in [0.2, 0.25) is 17.6 Å². The summed E-state index contributed by atoms with van der Waals surface area (Å²) < 4.78 is 10.0. The van der Waals surface area contributed by atoms with E-state index < -0.39 is 0 Å². The van der Waals surface area contributed by atoms with E-state index in [0.29, 0.717) is 29.8 Å². The number of hydrogen-bond donors (Lipinski definition) is 1. The SMILES string of the molecule is COc1ccc(-c2noc(CCCCN)n2)nn1. The quantitative estimate of drug-likeness (QED) is 0.756. The highest BCUT2D eigenvalue weighted by Gasteiger charge is 2.10. The summed E-state index contributed by atoms with van der Waals surface area (Å²) in [4.78, 5) is 4.25. The van der Waals surface area contributed by atoms with Crippen LogP contribution in [0, 0.1) is 0 Å². The van der Waals surface area contributed by atoms with E-state index >= 15 is 0 Å². The average molecular weight is 249 g/mol. The topological polar surface area (TPSA) is 100.0 Å². The Morgan fingerprint density at radius 2 is 2.17 bits per heavy atom. The lowest BCUT2D eigenvalue weighted by molar-refractivity contribution is 0.374. The summed E-state index contributed by atoms with van der Waals surface area (Å²) in [6, 6.07) is 3.44. The molecule has 0 amide bonds. The third-order valence-corrected chi connectivity index (χ3v) is 2.39. The van der Waals surface area contributed by atoms with Crippen molar-refractivity contribution < 1.29 is 9.26 Å². The minimum atomic E-state index is 0.438. The van der Waals surface area contributed by atoms with E-state index in [1.165, 1.54) is 7.11 Å². The molecule has 0 saturated carbocycles. The lowest BCUT2D eigenvalue weighted by Gasteiger charge is -1.96. The molecule has 2 aromatic heterocycles. The molecule has 0 atom stereocenters. The first-order valence-corrected chi connectivity index (χ1v) is 5.74. The molecule has 0 aliphatic heterocycles. The number of hydrogen-bond acceptors (Lipinski definition) is 7. The minimum absolute atomic E-state index is 0.438. The predicted octanol–water partition coefficient (Wildman–Crippen LogP) is 0.817. The number of aromatic nitrogens is 4. The van der Waals surface area contributed by atoms with E-state index in [4.69, 9.17) is 15.0 Å². The Balaban J connectivity index is 2.04. The molecule has 2 N–H and O–H groups in total. The van der Waals surface area contributed by atoms with Crippen LogP contribution in [0.3, 0.4) is 0 Å². The molecule has 7 nitrogen and oxygen atoms in total. The fourth-order valence-corrected chi connectivity index (χ4v) is 1.43. The van der Waals surface area contributed by atoms with Gasteiger partial charge < -0.3 is 15.0 Å². The van der Waals surface area contributed by atoms with Gasteiger partial charge >= 0.3 is 0 Å². The zero-order valence-electron chi connectivity index (χ0n) is 10.2. The third kappa shape index (κ3) is 3.01. The molecule has 0 saturated heterocycles. The standard InChI is InChI=1S/C11H15N5O2/c1-17-10-6-5-8(14-15-10)11-13-9(18-16-11)4-2-3-7-12/h5-6H,2-4,7,12H2,1H3. The van der Waals surface area contributed by atoms with Gasteiger partial charge in [0.05, 0.1) is 7.11 Å². The smallest absolute Gasteiger partial charge is 0.233 e. The van der Waals surface area contributed by atoms with Gasteiger partial charge in [-0.2, -0.15) is 4.98 Å². The number of ether oxygens (including phenoxy) is 1. The number of aryl methyl sites for hydroxylation is 1. The molecule has 2 heterocycles. The maximum Gasteiger partial charge on any atom is 0.233 e. The third-order valence-electron chi connectivity index (χ3n) is 2.39. The van der Waals surface area contributed by atoms with Crippen LogP contribution in [-0.2, 0) is 6.42 Å². The molecular weight excluding hydrogens is 234 g/mol. The fourth-order valence-electron chi connectivity index (χ4n) is 1.43. The van der Waals surface area contributed by atoms with E-state index in [2.05, 4.69) is 20.3 Å². The molecule has 0 aliphatic carbocycles. The zero-order chi connectivity index (χ0) is 12.8. The van der Waals surface area contributed by atoms with Gasteiger partial charge in [0.15, 0.2) is 0 Å². The van der Waals surface area contributed by atoms with Gasteiger partial charge in [-0.3, -0.25) is 0 Å². The van der Waals surface area contributed by atoms with Crippen LogP contribution in [0.4, 0.5) is 0 Å². The van der Waals surface area contributed by atoms with Crippen LogP contribution in [0.15, 0.2) is 16.7 Å². The lowest BCUT2D eigenvalue weighted by atomic mass is 10.2. The monoisotopic (exact) mass is 249 g/mol. The Kier molecular flexibility index (Phi) is 4.19. The van der Waals surface area contributed by atoms with E-state index in [1.54, 1.807) is 12.1 Å². The van der Waals surface area contributed by atoms with Crippen LogP contribution in [0.1, 0.15) is 18.7 Å². The van der Waals surface area contributed by atoms with Gasteiger partial charge in [0, 0.05) is 12.5 Å². The summed E-state index contributed by atoms with van der Waals surface area (Å²) in [6.07, 6.45) is 2.61. The van der Waals surface area contributed by atoms with Crippen molar-refractivity contribution in [1.29, 1.82) is 0 Å². The van der Waals surface area contributed by atoms with Gasteiger partial charge in [0.25, 0.3) is 0 Å². The Labute approximate surface area is 104 Å². The van der Waals surface area contributed by atoms with Gasteiger partial charge in [-0.15, -0.1) is 10.2 Å². The molecule has 7 heteroatoms. The van der Waals surface area contributed by atoms with Crippen LogP contribution in [0.2, 0.25) is 0 Å². The molecule has 0 bridgehead atoms. The predicted molar refractivity (Wildman–Crippen MR) is 63.9 cm³/mol. The molecule has 0 unspecified atom stereocenters. The first-order chi connectivity index (χ1) is 8.83. The summed E-state index contributed by atoms with van der Waals surface area (Å²) >= 11 is 0. The van der Waals surface area contributed by atoms with E-state index in [-0.39, 0.29) is 0 Å². The van der Waals surface area contributed by atoms with E-state index in [9.17, 15) is 0 Å². The van der Waals surface area contributed by atoms with E-state index in [0.717, 1.165) is 19.3 Å². The van der Waals surface area contributed by atoms with Gasteiger partial charge in [-0.25, -0.2) is 0 Å². The second kappa shape index (κ2) is 6.06. The Morgan fingerprint density at radius 1 is 1.28 bits per heavy atom. The number of nitrogens with two attached hydrogens (primary N) is 1. The van der Waals surface area contributed by atoms with Crippen molar-refractivity contribution in [3.8, 4) is 17.4 Å². The highest BCUT2D eigenvalue weighted by molar-refractivity contribution is 5.47. The van der Waals surface area contributed by atoms with Crippen molar-refractivity contribution in [3.05, 3.63) is 18.0 Å². The summed E-state index contributed by atoms with van der Waals surface area (Å²) in [7, 11) is 1.54. The maximum atomic E-state index is 5.42. The van der Waals surface area contributed by atoms with Gasteiger partial charge in [0.1, 0.15) is 5.69 Å². The normalized spacial score (nSPS) is 10.6. The Bertz CT molecular complexity index is 482. The van der Waals surface area contributed by atoms with E-state index in [1.807, 2.05) is 0 Å². The van der Waals surface area contributed by atoms with Crippen molar-refractivity contribution in [3.63, 3.8) is 0 Å². The minimum Gasteiger partial charge on any atom is -0.480 e. The van der Waals surface area contributed by atoms with Crippen molar-refractivity contribution in [1.82, 2.24) is 20.3 Å². The molecule has 0 aromatic carbocycles. The molecule has 0 spiro atoms. The second-order valence-corrected chi connectivity index (χ2v) is 3.72. The first kappa shape index (κ1) is 12.4. The highest BCUT2D eigenvalue weighted by Crippen LogP contribution is 2.15. The number of methoxy groups -OCH3 is 1. The average Bonchev–Trinajstić information content (AvgIpc) is 2.88. The fraction of sp³-hybridized carbons (Fsp3) is 0.455. The molecular formula is C11H15N5O2. The van der Waals surface area contributed by atoms with Crippen LogP contribution in [0.5, 0.6) is 5.88 Å². The second-order valence-electron chi connectivity index (χ2n) is 3.72. The van der Waals surface area contributed by atoms with Crippen LogP contribution < -0.4 is 10.5 Å². The molecule has 2 rings (SSSR count). The van der Waals surface area contributed by atoms with Crippen molar-refractivity contribution >= 4 is 0 Å². The highest BCUT2D eigenvalue weighted by atomic mass is 16.5. The number of rotatable bonds is 6. The largest absolute Gasteiger partial charge is 0.480 e. The Morgan fingerprint density at radius 3 is 2.83 bits per heavy atom. The van der Waals surface area contributed by atoms with Crippen LogP contribution >= 0.6 is 0 Å². The Hall–Kier alpha value is -2.02. The first-order valence-electron chi connectivity index (χ1n) is 5.74. The van der Waals surface area contributed by atoms with Crippen molar-refractivity contribution in [2.45, 2.75) is 19.3 Å². The maximum absolute atomic E-state index is 5.42. The molecule has 18 heavy (non-hydrogen) atoms. The molecule has 0 fully saturated rings. The molecule has 0 aliphatic rings. The van der Waals surface area contributed by atoms with Crippen LogP contribution in [0.25, 0.3) is 11.5 Å². The molecule has 96 valence electrons. The molecule has 0 radical (unpaired) electrons. The van der Waals surface area contributed by atoms with Gasteiger partial charge in [-0.05, 0) is 25.5 Å². The summed E-state index contributed by atoms with van der Waals surface area (Å²) in [5, 5.41) is 11.7. The number of nitrogens with zero attached hydrogens (tertiary/aromatic N) is 4. The summed E-state index contributed by atoms with van der Waals surface area (Å²) in [5.74, 6) is 1.48. The lowest BCUT2D eigenvalue weighted by Crippen LogP contribution is -1.99. The number of unbranched alkanes of at least 4 members (excludes halogenated alkanes) is 1. The summed E-state index contributed by atoms with van der Waals surface area (Å²) in [6.45, 7) is 0.672. The van der Waals surface area contributed by atoms with Gasteiger partial charge in [-0.1, -0.05) is 5.16 Å². The summed E-state index contributed by atoms with van der Waals surface area (Å²) in [5.41, 5.74) is 5.98. The van der Waals surface area contributed by atoms with Crippen molar-refractivity contribution in [2.24, 2.45) is 5.73 Å². The zero-order valence-corrected chi connectivity index (χ0v) is 10.2. The van der Waals surface area contributed by atoms with Crippen LogP contribution in [-0.4, -0.2) is 34.0 Å². The molecule has 2 aromatic rings. The van der Waals surface area contributed by atoms with Crippen molar-refractivity contribution in [2.75, 3.05) is 13.7 Å².